The summed E-state index contributed by atoms with van der Waals surface area (Å²) in [6.07, 6.45) is 1.50. The van der Waals surface area contributed by atoms with Crippen molar-refractivity contribution >= 4 is 52.6 Å². The Labute approximate surface area is 173 Å². The van der Waals surface area contributed by atoms with Gasteiger partial charge in [-0.05, 0) is 42.6 Å². The van der Waals surface area contributed by atoms with Crippen molar-refractivity contribution in [1.82, 2.24) is 4.57 Å². The third-order valence-electron chi connectivity index (χ3n) is 4.37. The summed E-state index contributed by atoms with van der Waals surface area (Å²) in [5.74, 6) is -1.47. The van der Waals surface area contributed by atoms with E-state index >= 15 is 0 Å². The lowest BCUT2D eigenvalue weighted by Crippen LogP contribution is -2.11. The first-order valence-electron chi connectivity index (χ1n) is 8.33. The molecule has 2 aromatic carbocycles. The maximum atomic E-state index is 14.2. The first kappa shape index (κ1) is 19.0. The Kier molecular flexibility index (Phi) is 4.77. The van der Waals surface area contributed by atoms with Gasteiger partial charge in [-0.25, -0.2) is 14.2 Å². The Morgan fingerprint density at radius 3 is 2.76 bits per heavy atom. The van der Waals surface area contributed by atoms with Gasteiger partial charge < -0.3 is 14.9 Å². The molecule has 0 saturated heterocycles. The number of halogens is 1. The van der Waals surface area contributed by atoms with Crippen molar-refractivity contribution in [3.8, 4) is 17.3 Å². The lowest BCUT2D eigenvalue weighted by molar-refractivity contribution is -0.129. The van der Waals surface area contributed by atoms with E-state index in [0.717, 1.165) is 11.3 Å². The fourth-order valence-corrected chi connectivity index (χ4v) is 4.31. The number of benzene rings is 2. The zero-order chi connectivity index (χ0) is 20.7. The number of ether oxygens (including phenoxy) is 1. The average Bonchev–Trinajstić information content (AvgIpc) is 3.19. The van der Waals surface area contributed by atoms with Gasteiger partial charge in [-0.15, -0.1) is 11.3 Å². The highest BCUT2D eigenvalue weighted by atomic mass is 32.1. The summed E-state index contributed by atoms with van der Waals surface area (Å²) in [4.78, 5) is 16.2. The Bertz CT molecular complexity index is 1270. The van der Waals surface area contributed by atoms with Crippen molar-refractivity contribution < 1.29 is 24.1 Å². The molecule has 0 unspecified atom stereocenters. The smallest absolute Gasteiger partial charge is 0.355 e. The molecule has 0 radical (unpaired) electrons. The van der Waals surface area contributed by atoms with Crippen LogP contribution in [0.3, 0.4) is 0 Å². The van der Waals surface area contributed by atoms with E-state index in [1.54, 1.807) is 24.3 Å². The number of carbonyl (C=O) groups is 1. The number of nitrogens with zero attached hydrogens (tertiary/aromatic N) is 2. The molecule has 0 spiro atoms. The second kappa shape index (κ2) is 7.26. The molecule has 0 atom stereocenters. The minimum Gasteiger partial charge on any atom is -0.497 e. The molecule has 0 aliphatic carbocycles. The minimum atomic E-state index is -1.21. The number of thiazole rings is 1. The molecular formula is C20H13FN2O4S2. The van der Waals surface area contributed by atoms with Crippen molar-refractivity contribution in [2.75, 3.05) is 7.11 Å². The normalized spacial score (nSPS) is 14.0. The monoisotopic (exact) mass is 428 g/mol. The third kappa shape index (κ3) is 3.24. The summed E-state index contributed by atoms with van der Waals surface area (Å²) in [5.41, 5.74) is 1.30. The van der Waals surface area contributed by atoms with Crippen molar-refractivity contribution in [3.63, 3.8) is 0 Å². The Morgan fingerprint density at radius 2 is 2.07 bits per heavy atom. The van der Waals surface area contributed by atoms with Crippen LogP contribution in [0, 0.1) is 9.77 Å². The quantitative estimate of drug-likeness (QED) is 0.582. The molecule has 1 aliphatic rings. The standard InChI is InChI=1S/C20H13FN2O4S2/c1-27-10-6-7-11-12(17(19(25)26)22-14(11)8-10)9-16-18(24)23(20(28)29-16)15-5-3-2-4-13(15)21/h2-9,24H,1H3,(H,25,26)/b12-9+. The van der Waals surface area contributed by atoms with Crippen LogP contribution >= 0.6 is 23.6 Å². The molecule has 0 amide bonds. The molecule has 0 fully saturated rings. The third-order valence-corrected chi connectivity index (χ3v) is 5.68. The fourth-order valence-electron chi connectivity index (χ4n) is 3.03. The van der Waals surface area contributed by atoms with Crippen LogP contribution in [0.4, 0.5) is 10.1 Å². The molecule has 9 heteroatoms. The van der Waals surface area contributed by atoms with Crippen molar-refractivity contribution in [3.05, 3.63) is 62.7 Å². The predicted molar refractivity (Wildman–Crippen MR) is 112 cm³/mol. The molecule has 0 saturated carbocycles. The molecule has 146 valence electrons. The van der Waals surface area contributed by atoms with Crippen LogP contribution in [-0.2, 0) is 4.79 Å². The van der Waals surface area contributed by atoms with E-state index in [4.69, 9.17) is 17.0 Å². The molecule has 1 aliphatic heterocycles. The molecule has 4 rings (SSSR count). The van der Waals surface area contributed by atoms with Gasteiger partial charge in [0, 0.05) is 17.2 Å². The molecule has 3 aromatic rings. The molecule has 2 heterocycles. The van der Waals surface area contributed by atoms with Gasteiger partial charge in [0.05, 0.1) is 23.4 Å². The largest absolute Gasteiger partial charge is 0.497 e. The number of hydrogen-bond donors (Lipinski definition) is 2. The number of aromatic hydroxyl groups is 1. The fraction of sp³-hybridized carbons (Fsp3) is 0.0500. The first-order valence-corrected chi connectivity index (χ1v) is 9.55. The summed E-state index contributed by atoms with van der Waals surface area (Å²) >= 11 is 6.34. The van der Waals surface area contributed by atoms with E-state index in [2.05, 4.69) is 4.99 Å². The SMILES string of the molecule is COc1ccc2c(c1)N=C(C(=O)O)/C2=C/c1sc(=S)n(-c2ccccc2F)c1O. The molecule has 0 bridgehead atoms. The lowest BCUT2D eigenvalue weighted by atomic mass is 10.0. The van der Waals surface area contributed by atoms with Gasteiger partial charge in [0.15, 0.2) is 9.67 Å². The first-order chi connectivity index (χ1) is 13.9. The molecular weight excluding hydrogens is 415 g/mol. The van der Waals surface area contributed by atoms with E-state index < -0.39 is 11.8 Å². The van der Waals surface area contributed by atoms with Crippen LogP contribution < -0.4 is 4.74 Å². The van der Waals surface area contributed by atoms with Crippen LogP contribution in [0.5, 0.6) is 11.6 Å². The number of carboxylic acid groups (broad SMARTS) is 1. The van der Waals surface area contributed by atoms with E-state index in [0.29, 0.717) is 27.5 Å². The zero-order valence-corrected chi connectivity index (χ0v) is 16.6. The summed E-state index contributed by atoms with van der Waals surface area (Å²) in [6, 6.07) is 10.9. The van der Waals surface area contributed by atoms with Crippen LogP contribution in [0.25, 0.3) is 17.3 Å². The topological polar surface area (TPSA) is 84.0 Å². The molecule has 1 aromatic heterocycles. The lowest BCUT2D eigenvalue weighted by Gasteiger charge is -2.06. The Morgan fingerprint density at radius 1 is 1.31 bits per heavy atom. The van der Waals surface area contributed by atoms with Crippen LogP contribution in [-0.4, -0.2) is 33.6 Å². The van der Waals surface area contributed by atoms with E-state index in [-0.39, 0.29) is 21.2 Å². The summed E-state index contributed by atoms with van der Waals surface area (Å²) in [7, 11) is 1.51. The van der Waals surface area contributed by atoms with Gasteiger partial charge in [-0.3, -0.25) is 4.57 Å². The van der Waals surface area contributed by atoms with Crippen LogP contribution in [0.1, 0.15) is 10.4 Å². The van der Waals surface area contributed by atoms with Crippen molar-refractivity contribution in [2.24, 2.45) is 4.99 Å². The van der Waals surface area contributed by atoms with Crippen molar-refractivity contribution in [2.45, 2.75) is 0 Å². The number of carboxylic acids is 1. The number of fused-ring (bicyclic) bond motifs is 1. The van der Waals surface area contributed by atoms with Crippen LogP contribution in [0.15, 0.2) is 47.5 Å². The maximum Gasteiger partial charge on any atom is 0.355 e. The Balaban J connectivity index is 1.88. The highest BCUT2D eigenvalue weighted by Gasteiger charge is 2.27. The number of aliphatic carboxylic acids is 1. The van der Waals surface area contributed by atoms with E-state index in [1.165, 1.54) is 36.0 Å². The number of hydrogen-bond acceptors (Lipinski definition) is 6. The number of rotatable bonds is 4. The molecule has 6 nitrogen and oxygen atoms in total. The molecule has 29 heavy (non-hydrogen) atoms. The molecule has 2 N–H and O–H groups in total. The maximum absolute atomic E-state index is 14.2. The van der Waals surface area contributed by atoms with E-state index in [1.807, 2.05) is 0 Å². The number of aromatic nitrogens is 1. The minimum absolute atomic E-state index is 0.111. The van der Waals surface area contributed by atoms with Gasteiger partial charge in [0.2, 0.25) is 5.88 Å². The van der Waals surface area contributed by atoms with E-state index in [9.17, 15) is 19.4 Å². The zero-order valence-electron chi connectivity index (χ0n) is 14.9. The summed E-state index contributed by atoms with van der Waals surface area (Å²) < 4.78 is 20.8. The summed E-state index contributed by atoms with van der Waals surface area (Å²) in [6.45, 7) is 0. The van der Waals surface area contributed by atoms with Crippen molar-refractivity contribution in [1.29, 1.82) is 0 Å². The predicted octanol–water partition coefficient (Wildman–Crippen LogP) is 4.83. The van der Waals surface area contributed by atoms with Gasteiger partial charge in [-0.2, -0.15) is 0 Å². The van der Waals surface area contributed by atoms with Gasteiger partial charge >= 0.3 is 5.97 Å². The van der Waals surface area contributed by atoms with Gasteiger partial charge in [0.25, 0.3) is 0 Å². The second-order valence-corrected chi connectivity index (χ2v) is 7.73. The number of aliphatic imine (C=N–C) groups is 1. The second-order valence-electron chi connectivity index (χ2n) is 6.05. The highest BCUT2D eigenvalue weighted by Crippen LogP contribution is 2.41. The average molecular weight is 428 g/mol. The summed E-state index contributed by atoms with van der Waals surface area (Å²) in [5, 5.41) is 20.3. The Hall–Kier alpha value is -3.30. The number of methoxy groups -OCH3 is 1. The highest BCUT2D eigenvalue weighted by molar-refractivity contribution is 7.73. The van der Waals surface area contributed by atoms with Crippen LogP contribution in [0.2, 0.25) is 0 Å². The number of para-hydroxylation sites is 1. The van der Waals surface area contributed by atoms with Gasteiger partial charge in [0.1, 0.15) is 11.6 Å². The van der Waals surface area contributed by atoms with Gasteiger partial charge in [-0.1, -0.05) is 12.1 Å².